The average molecular weight is 480 g/mol. The summed E-state index contributed by atoms with van der Waals surface area (Å²) in [6.45, 7) is 3.04. The highest BCUT2D eigenvalue weighted by Gasteiger charge is 2.27. The van der Waals surface area contributed by atoms with Crippen LogP contribution in [0, 0.1) is 6.92 Å². The van der Waals surface area contributed by atoms with Crippen molar-refractivity contribution in [2.45, 2.75) is 24.3 Å². The van der Waals surface area contributed by atoms with Gasteiger partial charge < -0.3 is 10.1 Å². The highest BCUT2D eigenvalue weighted by Crippen LogP contribution is 2.12. The quantitative estimate of drug-likeness (QED) is 0.464. The third-order valence-corrected chi connectivity index (χ3v) is 8.58. The lowest BCUT2D eigenvalue weighted by Gasteiger charge is -2.26. The molecule has 1 fully saturated rings. The molecule has 170 valence electrons. The van der Waals surface area contributed by atoms with Crippen LogP contribution in [0.5, 0.6) is 0 Å². The summed E-state index contributed by atoms with van der Waals surface area (Å²) in [6.07, 6.45) is 2.15. The first-order chi connectivity index (χ1) is 14.2. The number of hydrogen-bond donors (Lipinski definition) is 2. The van der Waals surface area contributed by atoms with E-state index in [0.717, 1.165) is 5.56 Å². The van der Waals surface area contributed by atoms with Crippen LogP contribution >= 0.6 is 11.8 Å². The summed E-state index contributed by atoms with van der Waals surface area (Å²) in [4.78, 5) is 12.7. The number of nitrogens with one attached hydrogen (secondary N) is 2. The second kappa shape index (κ2) is 11.4. The molecular weight excluding hydrogens is 450 g/mol. The zero-order valence-corrected chi connectivity index (χ0v) is 19.6. The molecule has 1 aliphatic rings. The van der Waals surface area contributed by atoms with Gasteiger partial charge in [-0.25, -0.2) is 16.8 Å². The standard InChI is InChI=1S/C18H29N3O6S3/c1-15-3-5-16(6-4-15)30(25,26)20-17(7-13-28-2)18(22)19-8-14-29(23,24)21-9-11-27-12-10-21/h3-6,17,20H,7-14H2,1-2H3,(H,19,22). The second-order valence-electron chi connectivity index (χ2n) is 6.89. The maximum absolute atomic E-state index is 12.6. The van der Waals surface area contributed by atoms with Gasteiger partial charge in [-0.2, -0.15) is 20.8 Å². The van der Waals surface area contributed by atoms with Crippen molar-refractivity contribution in [3.8, 4) is 0 Å². The van der Waals surface area contributed by atoms with E-state index in [0.29, 0.717) is 32.1 Å². The number of benzene rings is 1. The van der Waals surface area contributed by atoms with Crippen molar-refractivity contribution in [3.63, 3.8) is 0 Å². The van der Waals surface area contributed by atoms with Crippen LogP contribution in [0.2, 0.25) is 0 Å². The second-order valence-corrected chi connectivity index (χ2v) is 11.7. The van der Waals surface area contributed by atoms with Crippen LogP contribution in [-0.2, 0) is 29.6 Å². The topological polar surface area (TPSA) is 122 Å². The molecule has 1 unspecified atom stereocenters. The van der Waals surface area contributed by atoms with E-state index >= 15 is 0 Å². The number of nitrogens with zero attached hydrogens (tertiary/aromatic N) is 1. The number of amides is 1. The molecule has 0 saturated carbocycles. The van der Waals surface area contributed by atoms with Crippen LogP contribution in [-0.4, -0.2) is 83.7 Å². The van der Waals surface area contributed by atoms with Gasteiger partial charge in [0.15, 0.2) is 0 Å². The van der Waals surface area contributed by atoms with Gasteiger partial charge in [-0.3, -0.25) is 4.79 Å². The molecule has 1 atom stereocenters. The maximum Gasteiger partial charge on any atom is 0.241 e. The molecule has 0 aliphatic carbocycles. The lowest BCUT2D eigenvalue weighted by Crippen LogP contribution is -2.49. The van der Waals surface area contributed by atoms with Crippen LogP contribution in [0.1, 0.15) is 12.0 Å². The molecule has 1 saturated heterocycles. The molecule has 30 heavy (non-hydrogen) atoms. The molecule has 0 radical (unpaired) electrons. The van der Waals surface area contributed by atoms with Gasteiger partial charge in [0.1, 0.15) is 6.04 Å². The van der Waals surface area contributed by atoms with Crippen molar-refractivity contribution < 1.29 is 26.4 Å². The van der Waals surface area contributed by atoms with E-state index in [1.165, 1.54) is 28.2 Å². The number of thioether (sulfide) groups is 1. The van der Waals surface area contributed by atoms with Gasteiger partial charge in [0.25, 0.3) is 0 Å². The largest absolute Gasteiger partial charge is 0.379 e. The summed E-state index contributed by atoms with van der Waals surface area (Å²) in [5, 5.41) is 2.56. The first-order valence-corrected chi connectivity index (χ1v) is 14.1. The maximum atomic E-state index is 12.6. The minimum Gasteiger partial charge on any atom is -0.379 e. The molecule has 1 heterocycles. The van der Waals surface area contributed by atoms with Gasteiger partial charge in [-0.15, -0.1) is 0 Å². The molecule has 0 aromatic heterocycles. The number of carbonyl (C=O) groups is 1. The van der Waals surface area contributed by atoms with Gasteiger partial charge in [-0.05, 0) is 37.5 Å². The van der Waals surface area contributed by atoms with E-state index in [1.54, 1.807) is 12.1 Å². The van der Waals surface area contributed by atoms with Gasteiger partial charge in [-0.1, -0.05) is 17.7 Å². The fraction of sp³-hybridized carbons (Fsp3) is 0.611. The molecule has 0 bridgehead atoms. The zero-order valence-electron chi connectivity index (χ0n) is 17.2. The molecule has 2 N–H and O–H groups in total. The van der Waals surface area contributed by atoms with E-state index in [1.807, 2.05) is 13.2 Å². The third-order valence-electron chi connectivity index (χ3n) is 4.58. The first-order valence-electron chi connectivity index (χ1n) is 9.57. The Bertz CT molecular complexity index is 898. The number of hydrogen-bond acceptors (Lipinski definition) is 7. The number of ether oxygens (including phenoxy) is 1. The smallest absolute Gasteiger partial charge is 0.241 e. The summed E-state index contributed by atoms with van der Waals surface area (Å²) in [5.74, 6) is -0.226. The molecule has 1 aromatic rings. The van der Waals surface area contributed by atoms with Gasteiger partial charge in [0.05, 0.1) is 23.9 Å². The molecule has 1 aromatic carbocycles. The lowest BCUT2D eigenvalue weighted by molar-refractivity contribution is -0.122. The molecule has 2 rings (SSSR count). The van der Waals surface area contributed by atoms with Gasteiger partial charge >= 0.3 is 0 Å². The fourth-order valence-corrected chi connectivity index (χ4v) is 5.86. The van der Waals surface area contributed by atoms with Crippen LogP contribution in [0.15, 0.2) is 29.2 Å². The number of sulfonamides is 2. The Balaban J connectivity index is 1.98. The number of aryl methyl sites for hydroxylation is 1. The Morgan fingerprint density at radius 3 is 2.40 bits per heavy atom. The number of rotatable bonds is 11. The minimum atomic E-state index is -3.88. The van der Waals surface area contributed by atoms with Crippen LogP contribution < -0.4 is 10.0 Å². The predicted molar refractivity (Wildman–Crippen MR) is 117 cm³/mol. The van der Waals surface area contributed by atoms with Gasteiger partial charge in [0.2, 0.25) is 26.0 Å². The van der Waals surface area contributed by atoms with Crippen molar-refractivity contribution in [1.82, 2.24) is 14.3 Å². The molecule has 0 spiro atoms. The van der Waals surface area contributed by atoms with Crippen molar-refractivity contribution >= 4 is 37.7 Å². The SMILES string of the molecule is CSCCC(NS(=O)(=O)c1ccc(C)cc1)C(=O)NCCS(=O)(=O)N1CCOCC1. The van der Waals surface area contributed by atoms with Crippen LogP contribution in [0.3, 0.4) is 0 Å². The van der Waals surface area contributed by atoms with E-state index in [9.17, 15) is 21.6 Å². The molecule has 12 heteroatoms. The van der Waals surface area contributed by atoms with E-state index in [2.05, 4.69) is 10.0 Å². The summed E-state index contributed by atoms with van der Waals surface area (Å²) in [5.41, 5.74) is 0.923. The summed E-state index contributed by atoms with van der Waals surface area (Å²) < 4.78 is 58.9. The Labute approximate surface area is 183 Å². The lowest BCUT2D eigenvalue weighted by atomic mass is 10.2. The monoisotopic (exact) mass is 479 g/mol. The summed E-state index contributed by atoms with van der Waals surface area (Å²) in [7, 11) is -7.39. The van der Waals surface area contributed by atoms with E-state index in [-0.39, 0.29) is 23.6 Å². The minimum absolute atomic E-state index is 0.0740. The highest BCUT2D eigenvalue weighted by atomic mass is 32.2. The Morgan fingerprint density at radius 1 is 1.17 bits per heavy atom. The first kappa shape index (κ1) is 25.1. The molecule has 1 aliphatic heterocycles. The summed E-state index contributed by atoms with van der Waals surface area (Å²) >= 11 is 1.49. The Morgan fingerprint density at radius 2 is 1.80 bits per heavy atom. The normalized spacial score (nSPS) is 16.9. The van der Waals surface area contributed by atoms with E-state index in [4.69, 9.17) is 4.74 Å². The molecular formula is C18H29N3O6S3. The number of carbonyl (C=O) groups excluding carboxylic acids is 1. The Kier molecular flexibility index (Phi) is 9.57. The van der Waals surface area contributed by atoms with E-state index < -0.39 is 32.0 Å². The predicted octanol–water partition coefficient (Wildman–Crippen LogP) is 0.173. The Hall–Kier alpha value is -1.18. The van der Waals surface area contributed by atoms with Gasteiger partial charge in [0, 0.05) is 19.6 Å². The highest BCUT2D eigenvalue weighted by molar-refractivity contribution is 7.98. The molecule has 9 nitrogen and oxygen atoms in total. The van der Waals surface area contributed by atoms with Crippen molar-refractivity contribution in [2.75, 3.05) is 50.6 Å². The zero-order chi connectivity index (χ0) is 22.2. The third kappa shape index (κ3) is 7.50. The fourth-order valence-electron chi connectivity index (χ4n) is 2.83. The van der Waals surface area contributed by atoms with Crippen LogP contribution in [0.4, 0.5) is 0 Å². The van der Waals surface area contributed by atoms with Crippen molar-refractivity contribution in [3.05, 3.63) is 29.8 Å². The molecule has 1 amide bonds. The number of morpholine rings is 1. The van der Waals surface area contributed by atoms with Crippen molar-refractivity contribution in [2.24, 2.45) is 0 Å². The summed E-state index contributed by atoms with van der Waals surface area (Å²) in [6, 6.07) is 5.34. The average Bonchev–Trinajstić information content (AvgIpc) is 2.71. The van der Waals surface area contributed by atoms with Crippen LogP contribution in [0.25, 0.3) is 0 Å². The van der Waals surface area contributed by atoms with Crippen molar-refractivity contribution in [1.29, 1.82) is 0 Å².